The van der Waals surface area contributed by atoms with Crippen LogP contribution in [0.25, 0.3) is 0 Å². The van der Waals surface area contributed by atoms with Crippen molar-refractivity contribution in [2.24, 2.45) is 0 Å². The van der Waals surface area contributed by atoms with Gasteiger partial charge in [0.15, 0.2) is 23.1 Å². The number of esters is 2. The Morgan fingerprint density at radius 1 is 0.366 bits per heavy atom. The monoisotopic (exact) mass is 1130 g/mol. The van der Waals surface area contributed by atoms with Crippen molar-refractivity contribution in [3.63, 3.8) is 0 Å². The van der Waals surface area contributed by atoms with Gasteiger partial charge >= 0.3 is 11.9 Å². The first-order chi connectivity index (χ1) is 39.6. The predicted octanol–water partition coefficient (Wildman–Crippen LogP) is 13.2. The standard InChI is InChI=1S/C68H88O14/c1-9-13-17-21-59(71)47-33-51-41-55-37-49(61(73)23-19-15-11-3)39-57(65(55)79-29-31-81-67(75)45(5)6)43-53-35-48(60(72)22-18-14-10-2)36-54(64(53)78-28-26-70)44-58-40-50(62(74)24-20-16-12-4)38-56(42-52(34-47)63(51)77-27-25-69)66(58)80-30-32-82-68(76)46(7)8/h33-40,69-70H,5,7,9-32,41-44H2,1-4,6,8H3. The van der Waals surface area contributed by atoms with Gasteiger partial charge in [-0.15, -0.1) is 0 Å². The van der Waals surface area contributed by atoms with E-state index in [1.165, 1.54) is 0 Å². The van der Waals surface area contributed by atoms with Gasteiger partial charge in [0.2, 0.25) is 0 Å². The minimum Gasteiger partial charge on any atom is -0.491 e. The molecule has 8 bridgehead atoms. The number of ketones is 4. The van der Waals surface area contributed by atoms with Gasteiger partial charge in [0.25, 0.3) is 0 Å². The second-order valence-electron chi connectivity index (χ2n) is 21.4. The number of benzene rings is 4. The number of carbonyl (C=O) groups is 6. The lowest BCUT2D eigenvalue weighted by Gasteiger charge is -2.24. The van der Waals surface area contributed by atoms with Crippen LogP contribution in [0.15, 0.2) is 72.8 Å². The molecular weight excluding hydrogens is 1040 g/mol. The molecule has 5 rings (SSSR count). The highest BCUT2D eigenvalue weighted by molar-refractivity contribution is 5.99. The molecule has 4 aromatic carbocycles. The van der Waals surface area contributed by atoms with Crippen molar-refractivity contribution in [2.75, 3.05) is 52.9 Å². The molecule has 1 aliphatic carbocycles. The quantitative estimate of drug-likeness (QED) is 0.0166. The van der Waals surface area contributed by atoms with E-state index in [0.29, 0.717) is 115 Å². The van der Waals surface area contributed by atoms with Crippen molar-refractivity contribution >= 4 is 35.1 Å². The first-order valence-electron chi connectivity index (χ1n) is 29.7. The maximum Gasteiger partial charge on any atom is 0.333 e. The molecule has 0 aromatic heterocycles. The number of aliphatic hydroxyl groups excluding tert-OH is 2. The smallest absolute Gasteiger partial charge is 0.333 e. The Morgan fingerprint density at radius 2 is 0.585 bits per heavy atom. The van der Waals surface area contributed by atoms with Crippen LogP contribution in [0.3, 0.4) is 0 Å². The summed E-state index contributed by atoms with van der Waals surface area (Å²) in [7, 11) is 0. The van der Waals surface area contributed by atoms with Crippen LogP contribution < -0.4 is 18.9 Å². The van der Waals surface area contributed by atoms with Crippen LogP contribution in [0.1, 0.15) is 230 Å². The van der Waals surface area contributed by atoms with Crippen molar-refractivity contribution in [1.29, 1.82) is 0 Å². The summed E-state index contributed by atoms with van der Waals surface area (Å²) in [6, 6.07) is 14.4. The van der Waals surface area contributed by atoms with Crippen molar-refractivity contribution in [2.45, 2.75) is 170 Å². The maximum atomic E-state index is 14.5. The van der Waals surface area contributed by atoms with Gasteiger partial charge in [-0.05, 0) is 133 Å². The third-order valence-electron chi connectivity index (χ3n) is 14.3. The molecule has 0 radical (unpaired) electrons. The number of aliphatic hydroxyl groups is 2. The zero-order chi connectivity index (χ0) is 59.6. The summed E-state index contributed by atoms with van der Waals surface area (Å²) >= 11 is 0. The van der Waals surface area contributed by atoms with E-state index in [1.807, 2.05) is 0 Å². The molecule has 0 amide bonds. The van der Waals surface area contributed by atoms with Crippen LogP contribution in [0.5, 0.6) is 23.0 Å². The van der Waals surface area contributed by atoms with Gasteiger partial charge in [-0.25, -0.2) is 9.59 Å². The normalized spacial score (nSPS) is 11.8. The third-order valence-corrected chi connectivity index (χ3v) is 14.3. The molecule has 0 heterocycles. The van der Waals surface area contributed by atoms with E-state index in [4.69, 9.17) is 28.4 Å². The Hall–Kier alpha value is -6.90. The summed E-state index contributed by atoms with van der Waals surface area (Å²) in [4.78, 5) is 83.3. The lowest BCUT2D eigenvalue weighted by molar-refractivity contribution is -0.140. The van der Waals surface area contributed by atoms with Gasteiger partial charge in [0.05, 0.1) is 13.2 Å². The van der Waals surface area contributed by atoms with Crippen LogP contribution in [0.2, 0.25) is 0 Å². The Morgan fingerprint density at radius 3 is 0.780 bits per heavy atom. The fourth-order valence-electron chi connectivity index (χ4n) is 10.1. The number of ether oxygens (including phenoxy) is 6. The van der Waals surface area contributed by atoms with Gasteiger partial charge < -0.3 is 38.6 Å². The summed E-state index contributed by atoms with van der Waals surface area (Å²) < 4.78 is 37.7. The summed E-state index contributed by atoms with van der Waals surface area (Å²) in [6.07, 6.45) is 11.0. The summed E-state index contributed by atoms with van der Waals surface area (Å²) in [5.74, 6) is -0.0915. The SMILES string of the molecule is C=C(C)C(=O)OCCOc1c2cc(C(=O)CCCCC)cc1Cc1cc(C(=O)CCCCC)cc(c1OCCO)Cc1cc(C(=O)CCCCC)cc(c1OCCOC(=O)C(=C)C)Cc1cc(C(=O)CCCCC)cc(c1OCCO)C2. The fourth-order valence-corrected chi connectivity index (χ4v) is 10.1. The van der Waals surface area contributed by atoms with Crippen LogP contribution >= 0.6 is 0 Å². The molecule has 0 aliphatic heterocycles. The second-order valence-corrected chi connectivity index (χ2v) is 21.4. The highest BCUT2D eigenvalue weighted by Crippen LogP contribution is 2.42. The maximum absolute atomic E-state index is 14.5. The molecule has 2 N–H and O–H groups in total. The molecule has 82 heavy (non-hydrogen) atoms. The van der Waals surface area contributed by atoms with E-state index in [2.05, 4.69) is 40.9 Å². The lowest BCUT2D eigenvalue weighted by atomic mass is 9.86. The van der Waals surface area contributed by atoms with E-state index in [-0.39, 0.29) is 139 Å². The molecule has 0 saturated heterocycles. The first kappa shape index (κ1) is 65.9. The van der Waals surface area contributed by atoms with E-state index >= 15 is 0 Å². The van der Waals surface area contributed by atoms with Gasteiger partial charge in [0, 0.05) is 84.8 Å². The minimum absolute atomic E-state index is 0.0432. The molecule has 444 valence electrons. The largest absolute Gasteiger partial charge is 0.491 e. The number of carbonyl (C=O) groups excluding carboxylic acids is 6. The Labute approximate surface area is 486 Å². The van der Waals surface area contributed by atoms with E-state index < -0.39 is 11.9 Å². The van der Waals surface area contributed by atoms with Gasteiger partial charge in [-0.3, -0.25) is 19.2 Å². The van der Waals surface area contributed by atoms with Gasteiger partial charge in [0.1, 0.15) is 62.6 Å². The Bertz CT molecular complexity index is 2580. The topological polar surface area (TPSA) is 198 Å². The minimum atomic E-state index is -0.589. The van der Waals surface area contributed by atoms with E-state index in [1.54, 1.807) is 62.4 Å². The van der Waals surface area contributed by atoms with Crippen molar-refractivity contribution in [3.8, 4) is 23.0 Å². The highest BCUT2D eigenvalue weighted by atomic mass is 16.6. The van der Waals surface area contributed by atoms with Crippen LogP contribution in [0, 0.1) is 0 Å². The van der Waals surface area contributed by atoms with Crippen LogP contribution in [-0.4, -0.2) is 98.1 Å². The number of fused-ring (bicyclic) bond motifs is 8. The van der Waals surface area contributed by atoms with Crippen molar-refractivity contribution in [3.05, 3.63) is 140 Å². The number of rotatable bonds is 36. The second kappa shape index (κ2) is 34.5. The highest BCUT2D eigenvalue weighted by Gasteiger charge is 2.28. The van der Waals surface area contributed by atoms with E-state index in [9.17, 15) is 39.0 Å². The summed E-state index contributed by atoms with van der Waals surface area (Å²) in [5.41, 5.74) is 6.48. The predicted molar refractivity (Wildman–Crippen MR) is 319 cm³/mol. The average Bonchev–Trinajstić information content (AvgIpc) is 3.62. The zero-order valence-corrected chi connectivity index (χ0v) is 49.6. The first-order valence-corrected chi connectivity index (χ1v) is 29.7. The molecule has 0 spiro atoms. The zero-order valence-electron chi connectivity index (χ0n) is 49.6. The van der Waals surface area contributed by atoms with Crippen molar-refractivity contribution < 1.29 is 67.4 Å². The molecule has 0 saturated carbocycles. The van der Waals surface area contributed by atoms with Crippen molar-refractivity contribution in [1.82, 2.24) is 0 Å². The summed E-state index contributed by atoms with van der Waals surface area (Å²) in [6.45, 7) is 17.4. The number of Topliss-reactive ketones (excluding diaryl/α,β-unsaturated/α-hetero) is 4. The fraction of sp³-hybridized carbons (Fsp3) is 0.500. The van der Waals surface area contributed by atoms with E-state index in [0.717, 1.165) is 51.4 Å². The molecule has 0 atom stereocenters. The number of unbranched alkanes of at least 4 members (excludes halogenated alkanes) is 8. The van der Waals surface area contributed by atoms with Crippen LogP contribution in [0.4, 0.5) is 0 Å². The molecular formula is C68H88O14. The number of hydrogen-bond donors (Lipinski definition) is 2. The average molecular weight is 1130 g/mol. The molecule has 14 nitrogen and oxygen atoms in total. The molecule has 0 unspecified atom stereocenters. The van der Waals surface area contributed by atoms with Gasteiger partial charge in [-0.1, -0.05) is 92.2 Å². The molecule has 0 fully saturated rings. The summed E-state index contributed by atoms with van der Waals surface area (Å²) in [5, 5.41) is 20.8. The third kappa shape index (κ3) is 19.6. The lowest BCUT2D eigenvalue weighted by Crippen LogP contribution is -2.17. The number of hydrogen-bond acceptors (Lipinski definition) is 14. The van der Waals surface area contributed by atoms with Crippen LogP contribution in [-0.2, 0) is 44.7 Å². The van der Waals surface area contributed by atoms with Gasteiger partial charge in [-0.2, -0.15) is 0 Å². The Balaban J connectivity index is 1.99. The molecule has 4 aromatic rings. The Kier molecular flexibility index (Phi) is 27.7. The molecule has 14 heteroatoms. The molecule has 1 aliphatic rings.